The molecule has 33 heavy (non-hydrogen) atoms. The van der Waals surface area contributed by atoms with Crippen molar-refractivity contribution in [2.75, 3.05) is 17.1 Å². The molecule has 0 aliphatic rings. The van der Waals surface area contributed by atoms with Crippen LogP contribution < -0.4 is 9.62 Å². The molecule has 0 fully saturated rings. The van der Waals surface area contributed by atoms with Crippen LogP contribution in [-0.2, 0) is 26.2 Å². The topological polar surface area (TPSA) is 86.8 Å². The third-order valence-electron chi connectivity index (χ3n) is 5.06. The van der Waals surface area contributed by atoms with E-state index in [9.17, 15) is 18.0 Å². The Bertz CT molecular complexity index is 1030. The summed E-state index contributed by atoms with van der Waals surface area (Å²) in [5.41, 5.74) is 1.46. The third-order valence-corrected chi connectivity index (χ3v) is 6.78. The molecule has 0 aromatic heterocycles. The van der Waals surface area contributed by atoms with Crippen LogP contribution in [0.15, 0.2) is 59.1 Å². The number of nitrogens with one attached hydrogen (secondary N) is 1. The predicted molar refractivity (Wildman–Crippen MR) is 135 cm³/mol. The van der Waals surface area contributed by atoms with Gasteiger partial charge in [-0.3, -0.25) is 13.9 Å². The fourth-order valence-corrected chi connectivity index (χ4v) is 4.60. The van der Waals surface area contributed by atoms with E-state index in [0.717, 1.165) is 16.3 Å². The second-order valence-electron chi connectivity index (χ2n) is 8.26. The predicted octanol–water partition coefficient (Wildman–Crippen LogP) is 3.94. The zero-order chi connectivity index (χ0) is 24.6. The molecule has 7 nitrogen and oxygen atoms in total. The Labute approximate surface area is 205 Å². The second-order valence-corrected chi connectivity index (χ2v) is 11.1. The van der Waals surface area contributed by atoms with Crippen LogP contribution in [0.3, 0.4) is 0 Å². The molecule has 2 aromatic carbocycles. The molecular formula is C24H32BrN3O4S. The first-order chi connectivity index (χ1) is 15.5. The number of sulfonamides is 1. The summed E-state index contributed by atoms with van der Waals surface area (Å²) < 4.78 is 26.8. The van der Waals surface area contributed by atoms with E-state index < -0.39 is 16.1 Å². The molecule has 0 saturated heterocycles. The number of carbonyl (C=O) groups excluding carboxylic acids is 2. The van der Waals surface area contributed by atoms with Gasteiger partial charge in [-0.1, -0.05) is 46.3 Å². The van der Waals surface area contributed by atoms with Crippen molar-refractivity contribution in [1.29, 1.82) is 0 Å². The average Bonchev–Trinajstić information content (AvgIpc) is 2.75. The minimum atomic E-state index is -3.49. The fourth-order valence-electron chi connectivity index (χ4n) is 3.37. The van der Waals surface area contributed by atoms with Crippen LogP contribution in [0.2, 0.25) is 0 Å². The lowest BCUT2D eigenvalue weighted by Crippen LogP contribution is -2.49. The van der Waals surface area contributed by atoms with E-state index >= 15 is 0 Å². The minimum Gasteiger partial charge on any atom is -0.352 e. The number of halogens is 1. The molecule has 0 aliphatic carbocycles. The second kappa shape index (κ2) is 12.2. The average molecular weight is 539 g/mol. The molecule has 180 valence electrons. The molecule has 9 heteroatoms. The molecule has 2 rings (SSSR count). The maximum Gasteiger partial charge on any atom is 0.242 e. The van der Waals surface area contributed by atoms with Crippen LogP contribution >= 0.6 is 15.9 Å². The van der Waals surface area contributed by atoms with Gasteiger partial charge in [0.1, 0.15) is 6.04 Å². The summed E-state index contributed by atoms with van der Waals surface area (Å²) in [6, 6.07) is 15.7. The number of hydrogen-bond donors (Lipinski definition) is 1. The van der Waals surface area contributed by atoms with Gasteiger partial charge in [0, 0.05) is 30.0 Å². The number of nitrogens with zero attached hydrogens (tertiary/aromatic N) is 2. The number of carbonyl (C=O) groups is 2. The molecule has 0 saturated carbocycles. The van der Waals surface area contributed by atoms with E-state index in [-0.39, 0.29) is 37.4 Å². The highest BCUT2D eigenvalue weighted by Gasteiger charge is 2.27. The summed E-state index contributed by atoms with van der Waals surface area (Å²) in [7, 11) is -3.49. The lowest BCUT2D eigenvalue weighted by atomic mass is 10.1. The van der Waals surface area contributed by atoms with Gasteiger partial charge in [-0.25, -0.2) is 8.42 Å². The Hall–Kier alpha value is -2.39. The van der Waals surface area contributed by atoms with Crippen LogP contribution in [0, 0.1) is 0 Å². The molecule has 0 aliphatic heterocycles. The van der Waals surface area contributed by atoms with E-state index in [2.05, 4.69) is 21.2 Å². The van der Waals surface area contributed by atoms with Crippen LogP contribution in [0.25, 0.3) is 0 Å². The Kier molecular flexibility index (Phi) is 9.91. The summed E-state index contributed by atoms with van der Waals surface area (Å²) in [6.45, 7) is 5.91. The summed E-state index contributed by atoms with van der Waals surface area (Å²) in [6.07, 6.45) is 1.60. The molecule has 1 atom stereocenters. The molecule has 1 unspecified atom stereocenters. The van der Waals surface area contributed by atoms with Crippen molar-refractivity contribution < 1.29 is 18.0 Å². The van der Waals surface area contributed by atoms with Crippen molar-refractivity contribution in [3.8, 4) is 0 Å². The van der Waals surface area contributed by atoms with E-state index in [4.69, 9.17) is 0 Å². The van der Waals surface area contributed by atoms with Gasteiger partial charge in [-0.2, -0.15) is 0 Å². The highest BCUT2D eigenvalue weighted by molar-refractivity contribution is 9.10. The van der Waals surface area contributed by atoms with E-state index in [1.165, 1.54) is 4.31 Å². The molecule has 2 aromatic rings. The Morgan fingerprint density at radius 1 is 1.00 bits per heavy atom. The number of anilines is 1. The zero-order valence-electron chi connectivity index (χ0n) is 19.5. The molecule has 0 radical (unpaired) electrons. The van der Waals surface area contributed by atoms with Gasteiger partial charge in [-0.15, -0.1) is 0 Å². The van der Waals surface area contributed by atoms with Gasteiger partial charge >= 0.3 is 0 Å². The number of hydrogen-bond acceptors (Lipinski definition) is 4. The third kappa shape index (κ3) is 8.47. The summed E-state index contributed by atoms with van der Waals surface area (Å²) in [5, 5.41) is 2.86. The quantitative estimate of drug-likeness (QED) is 0.470. The molecule has 1 N–H and O–H groups in total. The SMILES string of the molecule is CC(C)NC(=O)C(C)N(Cc1ccc(Br)cc1)C(=O)CCCN(c1ccccc1)S(C)(=O)=O. The van der Waals surface area contributed by atoms with Crippen LogP contribution in [-0.4, -0.2) is 50.0 Å². The Morgan fingerprint density at radius 3 is 2.15 bits per heavy atom. The maximum atomic E-state index is 13.2. The molecule has 0 heterocycles. The van der Waals surface area contributed by atoms with E-state index in [0.29, 0.717) is 12.1 Å². The van der Waals surface area contributed by atoms with Crippen LogP contribution in [0.1, 0.15) is 39.2 Å². The highest BCUT2D eigenvalue weighted by Crippen LogP contribution is 2.19. The van der Waals surface area contributed by atoms with Crippen molar-refractivity contribution in [2.24, 2.45) is 0 Å². The normalized spacial score (nSPS) is 12.3. The van der Waals surface area contributed by atoms with Crippen molar-refractivity contribution in [2.45, 2.75) is 52.2 Å². The smallest absolute Gasteiger partial charge is 0.242 e. The van der Waals surface area contributed by atoms with Gasteiger partial charge in [0.15, 0.2) is 0 Å². The Balaban J connectivity index is 2.14. The maximum absolute atomic E-state index is 13.2. The first-order valence-corrected chi connectivity index (χ1v) is 13.5. The standard InChI is InChI=1S/C24H32BrN3O4S/c1-18(2)26-24(30)19(3)27(17-20-12-14-21(25)15-13-20)23(29)11-8-16-28(33(4,31)32)22-9-6-5-7-10-22/h5-7,9-10,12-15,18-19H,8,11,16-17H2,1-4H3,(H,26,30). The number of amides is 2. The highest BCUT2D eigenvalue weighted by atomic mass is 79.9. The van der Waals surface area contributed by atoms with E-state index in [1.807, 2.05) is 44.2 Å². The zero-order valence-corrected chi connectivity index (χ0v) is 21.9. The first-order valence-electron chi connectivity index (χ1n) is 10.9. The first kappa shape index (κ1) is 26.9. The largest absolute Gasteiger partial charge is 0.352 e. The number of para-hydroxylation sites is 1. The van der Waals surface area contributed by atoms with Crippen molar-refractivity contribution in [3.05, 3.63) is 64.6 Å². The summed E-state index contributed by atoms with van der Waals surface area (Å²) in [5.74, 6) is -0.427. The van der Waals surface area contributed by atoms with Crippen LogP contribution in [0.4, 0.5) is 5.69 Å². The lowest BCUT2D eigenvalue weighted by Gasteiger charge is -2.30. The van der Waals surface area contributed by atoms with Gasteiger partial charge < -0.3 is 10.2 Å². The Morgan fingerprint density at radius 2 is 1.61 bits per heavy atom. The fraction of sp³-hybridized carbons (Fsp3) is 0.417. The summed E-state index contributed by atoms with van der Waals surface area (Å²) >= 11 is 3.40. The van der Waals surface area contributed by atoms with Gasteiger partial charge in [0.05, 0.1) is 11.9 Å². The monoisotopic (exact) mass is 537 g/mol. The molecular weight excluding hydrogens is 506 g/mol. The summed E-state index contributed by atoms with van der Waals surface area (Å²) in [4.78, 5) is 27.4. The number of benzene rings is 2. The van der Waals surface area contributed by atoms with Crippen molar-refractivity contribution in [3.63, 3.8) is 0 Å². The minimum absolute atomic E-state index is 0.0428. The van der Waals surface area contributed by atoms with Crippen molar-refractivity contribution >= 4 is 43.5 Å². The van der Waals surface area contributed by atoms with Gasteiger partial charge in [-0.05, 0) is 57.0 Å². The van der Waals surface area contributed by atoms with Crippen LogP contribution in [0.5, 0.6) is 0 Å². The molecule has 0 spiro atoms. The van der Waals surface area contributed by atoms with Crippen molar-refractivity contribution in [1.82, 2.24) is 10.2 Å². The molecule has 2 amide bonds. The molecule has 0 bridgehead atoms. The van der Waals surface area contributed by atoms with Gasteiger partial charge in [0.25, 0.3) is 0 Å². The van der Waals surface area contributed by atoms with Gasteiger partial charge in [0.2, 0.25) is 21.8 Å². The number of rotatable bonds is 11. The lowest BCUT2D eigenvalue weighted by molar-refractivity contribution is -0.140. The van der Waals surface area contributed by atoms with E-state index in [1.54, 1.807) is 36.1 Å².